The van der Waals surface area contributed by atoms with Crippen molar-refractivity contribution in [3.8, 4) is 22.6 Å². The van der Waals surface area contributed by atoms with Crippen molar-refractivity contribution in [1.82, 2.24) is 30.4 Å². The Labute approximate surface area is 264 Å². The largest absolute Gasteiger partial charge is 0.500 e. The molecule has 2 aromatic carbocycles. The molecule has 4 aromatic heterocycles. The third-order valence-corrected chi connectivity index (χ3v) is 8.19. The number of fused-ring (bicyclic) bond motifs is 2. The average Bonchev–Trinajstić information content (AvgIpc) is 3.74. The number of aromatic amines is 2. The number of H-pyrrole nitrogens is 2. The average molecular weight is 657 g/mol. The molecule has 0 spiro atoms. The van der Waals surface area contributed by atoms with Crippen LogP contribution in [-0.2, 0) is 9.31 Å². The standard InChI is InChI=1S/C13H11N3O.C12H18BNO3.C7H5BrN2/c1-17-13-4-5-14-8-11(13)9-2-3-10-7-15-16-12(10)6-9;1-11(2)12(3,4)17-13(16-11)9-8-14-7-6-10(9)15-5;8-6-2-1-5-4-9-10-7(5)3-6/h2-8H,1H3,(H,15,16);6-8H,1-5H3;1-4H,(H,9,10). The predicted octanol–water partition coefficient (Wildman–Crippen LogP) is 6.35. The van der Waals surface area contributed by atoms with Gasteiger partial charge >= 0.3 is 7.12 Å². The molecule has 44 heavy (non-hydrogen) atoms. The molecule has 0 amide bonds. The van der Waals surface area contributed by atoms with Crippen molar-refractivity contribution in [2.45, 2.75) is 38.9 Å². The topological polar surface area (TPSA) is 120 Å². The van der Waals surface area contributed by atoms with Gasteiger partial charge in [-0.25, -0.2) is 0 Å². The molecule has 226 valence electrons. The van der Waals surface area contributed by atoms with E-state index in [-0.39, 0.29) is 11.2 Å². The molecule has 12 heteroatoms. The van der Waals surface area contributed by atoms with Gasteiger partial charge in [-0.05, 0) is 63.6 Å². The van der Waals surface area contributed by atoms with Gasteiger partial charge in [0.15, 0.2) is 0 Å². The second kappa shape index (κ2) is 13.2. The fourth-order valence-electron chi connectivity index (χ4n) is 4.52. The van der Waals surface area contributed by atoms with Crippen LogP contribution in [0.4, 0.5) is 0 Å². The van der Waals surface area contributed by atoms with Gasteiger partial charge in [-0.15, -0.1) is 0 Å². The molecular formula is C32H34BBrN6O4. The molecule has 7 rings (SSSR count). The van der Waals surface area contributed by atoms with E-state index >= 15 is 0 Å². The van der Waals surface area contributed by atoms with Crippen LogP contribution in [0.15, 0.2) is 90.2 Å². The highest BCUT2D eigenvalue weighted by Gasteiger charge is 2.52. The first-order chi connectivity index (χ1) is 21.1. The van der Waals surface area contributed by atoms with Crippen LogP contribution in [-0.4, -0.2) is 62.9 Å². The summed E-state index contributed by atoms with van der Waals surface area (Å²) in [4.78, 5) is 8.22. The van der Waals surface area contributed by atoms with E-state index in [0.29, 0.717) is 0 Å². The highest BCUT2D eigenvalue weighted by Crippen LogP contribution is 2.37. The highest BCUT2D eigenvalue weighted by molar-refractivity contribution is 9.10. The first-order valence-electron chi connectivity index (χ1n) is 14.0. The molecule has 0 radical (unpaired) electrons. The Kier molecular flexibility index (Phi) is 9.33. The molecule has 5 heterocycles. The second-order valence-corrected chi connectivity index (χ2v) is 12.0. The zero-order valence-corrected chi connectivity index (χ0v) is 27.0. The fourth-order valence-corrected chi connectivity index (χ4v) is 4.88. The first-order valence-corrected chi connectivity index (χ1v) is 14.7. The number of pyridine rings is 2. The molecule has 0 unspecified atom stereocenters. The minimum absolute atomic E-state index is 0.349. The summed E-state index contributed by atoms with van der Waals surface area (Å²) in [5.74, 6) is 1.55. The molecule has 0 bridgehead atoms. The van der Waals surface area contributed by atoms with Crippen LogP contribution in [0, 0.1) is 0 Å². The lowest BCUT2D eigenvalue weighted by Gasteiger charge is -2.32. The second-order valence-electron chi connectivity index (χ2n) is 11.1. The van der Waals surface area contributed by atoms with Crippen LogP contribution in [0.1, 0.15) is 27.7 Å². The van der Waals surface area contributed by atoms with E-state index in [4.69, 9.17) is 18.8 Å². The van der Waals surface area contributed by atoms with Crippen LogP contribution in [0.5, 0.6) is 11.5 Å². The number of aromatic nitrogens is 6. The zero-order chi connectivity index (χ0) is 31.3. The number of methoxy groups -OCH3 is 2. The lowest BCUT2D eigenvalue weighted by molar-refractivity contribution is 0.00578. The van der Waals surface area contributed by atoms with Gasteiger partial charge in [-0.3, -0.25) is 20.2 Å². The minimum atomic E-state index is -0.427. The van der Waals surface area contributed by atoms with Crippen molar-refractivity contribution in [2.75, 3.05) is 14.2 Å². The number of hydrogen-bond acceptors (Lipinski definition) is 8. The molecule has 0 atom stereocenters. The van der Waals surface area contributed by atoms with Crippen molar-refractivity contribution in [3.05, 3.63) is 90.2 Å². The lowest BCUT2D eigenvalue weighted by Crippen LogP contribution is -2.41. The van der Waals surface area contributed by atoms with Gasteiger partial charge in [0.2, 0.25) is 0 Å². The Bertz CT molecular complexity index is 1840. The van der Waals surface area contributed by atoms with Gasteiger partial charge in [0.05, 0.1) is 48.8 Å². The molecule has 1 fully saturated rings. The van der Waals surface area contributed by atoms with E-state index < -0.39 is 7.12 Å². The van der Waals surface area contributed by atoms with Gasteiger partial charge < -0.3 is 18.8 Å². The van der Waals surface area contributed by atoms with Crippen LogP contribution in [0.3, 0.4) is 0 Å². The van der Waals surface area contributed by atoms with E-state index in [1.54, 1.807) is 51.3 Å². The van der Waals surface area contributed by atoms with Crippen molar-refractivity contribution in [1.29, 1.82) is 0 Å². The van der Waals surface area contributed by atoms with Gasteiger partial charge in [0.1, 0.15) is 11.5 Å². The molecule has 1 aliphatic heterocycles. The number of nitrogens with zero attached hydrogens (tertiary/aromatic N) is 4. The number of benzene rings is 2. The summed E-state index contributed by atoms with van der Waals surface area (Å²) in [6.45, 7) is 8.09. The minimum Gasteiger partial charge on any atom is -0.497 e. The zero-order valence-electron chi connectivity index (χ0n) is 25.5. The molecule has 0 saturated carbocycles. The maximum atomic E-state index is 5.95. The summed E-state index contributed by atoms with van der Waals surface area (Å²) in [5, 5.41) is 16.0. The maximum absolute atomic E-state index is 5.95. The summed E-state index contributed by atoms with van der Waals surface area (Å²) >= 11 is 3.37. The van der Waals surface area contributed by atoms with Gasteiger partial charge in [-0.2, -0.15) is 10.2 Å². The lowest BCUT2D eigenvalue weighted by atomic mass is 9.79. The fraction of sp³-hybridized carbons (Fsp3) is 0.250. The van der Waals surface area contributed by atoms with E-state index in [2.05, 4.69) is 46.3 Å². The number of halogens is 1. The number of hydrogen-bond donors (Lipinski definition) is 2. The molecule has 2 N–H and O–H groups in total. The summed E-state index contributed by atoms with van der Waals surface area (Å²) in [7, 11) is 2.86. The number of ether oxygens (including phenoxy) is 2. The van der Waals surface area contributed by atoms with Crippen LogP contribution in [0.25, 0.3) is 32.9 Å². The molecule has 6 aromatic rings. The van der Waals surface area contributed by atoms with Gasteiger partial charge in [-0.1, -0.05) is 34.1 Å². The Morgan fingerprint density at radius 1 is 0.705 bits per heavy atom. The van der Waals surface area contributed by atoms with Gasteiger partial charge in [0, 0.05) is 51.1 Å². The Hall–Kier alpha value is -4.26. The normalized spacial score (nSPS) is 14.8. The van der Waals surface area contributed by atoms with Crippen molar-refractivity contribution in [3.63, 3.8) is 0 Å². The Balaban J connectivity index is 0.000000136. The van der Waals surface area contributed by atoms with Gasteiger partial charge in [0.25, 0.3) is 0 Å². The third-order valence-electron chi connectivity index (χ3n) is 7.70. The van der Waals surface area contributed by atoms with E-state index in [1.165, 1.54) is 0 Å². The summed E-state index contributed by atoms with van der Waals surface area (Å²) in [5.41, 5.74) is 4.24. The SMILES string of the molecule is Brc1ccc2cn[nH]c2c1.COc1ccncc1-c1ccc2cn[nH]c2c1.COc1ccncc1B1OC(C)(C)C(C)(C)O1. The molecule has 10 nitrogen and oxygen atoms in total. The van der Waals surface area contributed by atoms with E-state index in [9.17, 15) is 0 Å². The Morgan fingerprint density at radius 2 is 1.27 bits per heavy atom. The van der Waals surface area contributed by atoms with E-state index in [1.807, 2.05) is 76.4 Å². The first kappa shape index (κ1) is 31.2. The summed E-state index contributed by atoms with van der Waals surface area (Å²) < 4.78 is 23.6. The highest BCUT2D eigenvalue weighted by atomic mass is 79.9. The van der Waals surface area contributed by atoms with Crippen LogP contribution in [0.2, 0.25) is 0 Å². The third kappa shape index (κ3) is 6.77. The number of nitrogens with one attached hydrogen (secondary N) is 2. The van der Waals surface area contributed by atoms with Crippen LogP contribution >= 0.6 is 15.9 Å². The van der Waals surface area contributed by atoms with Crippen molar-refractivity contribution < 1.29 is 18.8 Å². The molecular weight excluding hydrogens is 623 g/mol. The molecule has 1 aliphatic rings. The maximum Gasteiger partial charge on any atom is 0.500 e. The van der Waals surface area contributed by atoms with Crippen molar-refractivity contribution in [2.24, 2.45) is 0 Å². The van der Waals surface area contributed by atoms with Crippen molar-refractivity contribution >= 4 is 50.3 Å². The van der Waals surface area contributed by atoms with E-state index in [0.717, 1.165) is 54.4 Å². The molecule has 0 aliphatic carbocycles. The summed E-state index contributed by atoms with van der Waals surface area (Å²) in [6, 6.07) is 15.8. The molecule has 1 saturated heterocycles. The quantitative estimate of drug-likeness (QED) is 0.211. The van der Waals surface area contributed by atoms with Crippen LogP contribution < -0.4 is 14.9 Å². The summed E-state index contributed by atoms with van der Waals surface area (Å²) in [6.07, 6.45) is 10.5. The predicted molar refractivity (Wildman–Crippen MR) is 176 cm³/mol. The monoisotopic (exact) mass is 656 g/mol. The smallest absolute Gasteiger partial charge is 0.497 e. The Morgan fingerprint density at radius 3 is 1.91 bits per heavy atom. The number of rotatable bonds is 4.